The highest BCUT2D eigenvalue weighted by Crippen LogP contribution is 2.33. The minimum Gasteiger partial charge on any atom is -0.490 e. The van der Waals surface area contributed by atoms with E-state index in [0.717, 1.165) is 6.20 Å². The minimum atomic E-state index is -0.486. The largest absolute Gasteiger partial charge is 0.490 e. The van der Waals surface area contributed by atoms with Crippen molar-refractivity contribution in [2.75, 3.05) is 25.6 Å². The van der Waals surface area contributed by atoms with E-state index in [1.807, 2.05) is 13.8 Å². The number of hydrogen-bond donors (Lipinski definition) is 1. The molecule has 0 spiro atoms. The summed E-state index contributed by atoms with van der Waals surface area (Å²) in [5.74, 6) is 1.08. The Morgan fingerprint density at radius 2 is 1.86 bits per heavy atom. The summed E-state index contributed by atoms with van der Waals surface area (Å²) in [6, 6.07) is 5.22. The average Bonchev–Trinajstić information content (AvgIpc) is 2.50. The van der Waals surface area contributed by atoms with Gasteiger partial charge in [-0.15, -0.1) is 0 Å². The molecule has 2 aromatic rings. The Bertz CT molecular complexity index is 620. The van der Waals surface area contributed by atoms with E-state index in [0.29, 0.717) is 36.2 Å². The molecule has 0 aliphatic rings. The molecule has 1 aromatic heterocycles. The number of nitrogens with one attached hydrogen (secondary N) is 1. The lowest BCUT2D eigenvalue weighted by molar-refractivity contribution is 0.288. The van der Waals surface area contributed by atoms with Crippen molar-refractivity contribution in [3.8, 4) is 22.8 Å². The molecule has 0 bridgehead atoms. The maximum absolute atomic E-state index is 13.9. The summed E-state index contributed by atoms with van der Waals surface area (Å²) >= 11 is 0. The van der Waals surface area contributed by atoms with Gasteiger partial charge in [0, 0.05) is 12.6 Å². The molecule has 0 atom stereocenters. The molecule has 0 aliphatic carbocycles. The Kier molecular flexibility index (Phi) is 4.92. The zero-order valence-corrected chi connectivity index (χ0v) is 12.3. The quantitative estimate of drug-likeness (QED) is 0.886. The second-order valence-corrected chi connectivity index (χ2v) is 4.17. The van der Waals surface area contributed by atoms with E-state index in [1.165, 1.54) is 0 Å². The number of hydrogen-bond acceptors (Lipinski definition) is 5. The summed E-state index contributed by atoms with van der Waals surface area (Å²) in [5, 5.41) is 2.79. The van der Waals surface area contributed by atoms with Crippen molar-refractivity contribution in [3.05, 3.63) is 30.2 Å². The summed E-state index contributed by atoms with van der Waals surface area (Å²) in [7, 11) is 1.68. The highest BCUT2D eigenvalue weighted by atomic mass is 19.1. The molecule has 2 rings (SSSR count). The predicted molar refractivity (Wildman–Crippen MR) is 79.3 cm³/mol. The normalized spacial score (nSPS) is 10.3. The van der Waals surface area contributed by atoms with Crippen LogP contribution >= 0.6 is 0 Å². The second-order valence-electron chi connectivity index (χ2n) is 4.17. The van der Waals surface area contributed by atoms with E-state index in [9.17, 15) is 4.39 Å². The van der Waals surface area contributed by atoms with Gasteiger partial charge in [-0.3, -0.25) is 0 Å². The van der Waals surface area contributed by atoms with Crippen molar-refractivity contribution < 1.29 is 13.9 Å². The first-order valence-corrected chi connectivity index (χ1v) is 6.79. The van der Waals surface area contributed by atoms with Crippen LogP contribution in [-0.2, 0) is 0 Å². The molecule has 0 aliphatic heterocycles. The summed E-state index contributed by atoms with van der Waals surface area (Å²) in [6.07, 6.45) is 1.14. The number of ether oxygens (including phenoxy) is 2. The molecule has 1 heterocycles. The number of aromatic nitrogens is 2. The maximum Gasteiger partial charge on any atom is 0.223 e. The lowest BCUT2D eigenvalue weighted by atomic mass is 10.1. The van der Waals surface area contributed by atoms with Gasteiger partial charge in [0.1, 0.15) is 5.69 Å². The number of rotatable bonds is 6. The summed E-state index contributed by atoms with van der Waals surface area (Å²) in [6.45, 7) is 4.81. The topological polar surface area (TPSA) is 56.3 Å². The van der Waals surface area contributed by atoms with Crippen molar-refractivity contribution in [3.63, 3.8) is 0 Å². The van der Waals surface area contributed by atoms with Crippen molar-refractivity contribution in [1.29, 1.82) is 0 Å². The number of anilines is 1. The van der Waals surface area contributed by atoms with Crippen molar-refractivity contribution in [1.82, 2.24) is 9.97 Å². The molecule has 112 valence electrons. The Labute approximate surface area is 123 Å². The Morgan fingerprint density at radius 3 is 2.52 bits per heavy atom. The number of nitrogens with zero attached hydrogens (tertiary/aromatic N) is 2. The third-order valence-corrected chi connectivity index (χ3v) is 2.78. The van der Waals surface area contributed by atoms with Crippen LogP contribution in [0.4, 0.5) is 10.3 Å². The number of halogens is 1. The van der Waals surface area contributed by atoms with Crippen LogP contribution in [0.25, 0.3) is 11.3 Å². The smallest absolute Gasteiger partial charge is 0.223 e. The Hall–Kier alpha value is -2.37. The molecule has 0 saturated carbocycles. The molecule has 6 heteroatoms. The van der Waals surface area contributed by atoms with Crippen LogP contribution in [0.2, 0.25) is 0 Å². The molecule has 0 unspecified atom stereocenters. The summed E-state index contributed by atoms with van der Waals surface area (Å²) in [4.78, 5) is 7.98. The molecule has 21 heavy (non-hydrogen) atoms. The van der Waals surface area contributed by atoms with Gasteiger partial charge in [-0.1, -0.05) is 0 Å². The van der Waals surface area contributed by atoms with Crippen LogP contribution in [0, 0.1) is 5.82 Å². The van der Waals surface area contributed by atoms with Crippen LogP contribution in [-0.4, -0.2) is 30.2 Å². The van der Waals surface area contributed by atoms with E-state index in [-0.39, 0.29) is 5.69 Å². The molecule has 0 radical (unpaired) electrons. The van der Waals surface area contributed by atoms with E-state index in [2.05, 4.69) is 15.3 Å². The van der Waals surface area contributed by atoms with Gasteiger partial charge >= 0.3 is 0 Å². The standard InChI is InChI=1S/C15H18FN3O2/c1-4-20-12-7-6-10(8-13(12)21-5-2)14-11(16)9-18-15(17-3)19-14/h6-9H,4-5H2,1-3H3,(H,17,18,19). The van der Waals surface area contributed by atoms with Crippen LogP contribution in [0.5, 0.6) is 11.5 Å². The monoisotopic (exact) mass is 291 g/mol. The molecule has 0 fully saturated rings. The van der Waals surface area contributed by atoms with Gasteiger partial charge in [0.05, 0.1) is 19.4 Å². The van der Waals surface area contributed by atoms with Crippen LogP contribution < -0.4 is 14.8 Å². The summed E-state index contributed by atoms with van der Waals surface area (Å²) in [5.41, 5.74) is 0.830. The molecule has 0 saturated heterocycles. The van der Waals surface area contributed by atoms with Crippen molar-refractivity contribution in [2.45, 2.75) is 13.8 Å². The van der Waals surface area contributed by atoms with Gasteiger partial charge < -0.3 is 14.8 Å². The van der Waals surface area contributed by atoms with Crippen LogP contribution in [0.1, 0.15) is 13.8 Å². The molecular formula is C15H18FN3O2. The second kappa shape index (κ2) is 6.88. The van der Waals surface area contributed by atoms with E-state index in [1.54, 1.807) is 25.2 Å². The molecular weight excluding hydrogens is 273 g/mol. The van der Waals surface area contributed by atoms with Crippen molar-refractivity contribution >= 4 is 5.95 Å². The minimum absolute atomic E-state index is 0.221. The molecule has 0 amide bonds. The zero-order chi connectivity index (χ0) is 15.2. The van der Waals surface area contributed by atoms with Gasteiger partial charge in [-0.2, -0.15) is 0 Å². The fourth-order valence-electron chi connectivity index (χ4n) is 1.89. The first-order valence-electron chi connectivity index (χ1n) is 6.79. The Morgan fingerprint density at radius 1 is 1.14 bits per heavy atom. The van der Waals surface area contributed by atoms with E-state index >= 15 is 0 Å². The van der Waals surface area contributed by atoms with E-state index < -0.39 is 5.82 Å². The highest BCUT2D eigenvalue weighted by molar-refractivity contribution is 5.65. The fraction of sp³-hybridized carbons (Fsp3) is 0.333. The SMILES string of the molecule is CCOc1ccc(-c2nc(NC)ncc2F)cc1OCC. The van der Waals surface area contributed by atoms with Crippen LogP contribution in [0.15, 0.2) is 24.4 Å². The molecule has 1 N–H and O–H groups in total. The lowest BCUT2D eigenvalue weighted by Gasteiger charge is -2.12. The lowest BCUT2D eigenvalue weighted by Crippen LogP contribution is -2.01. The zero-order valence-electron chi connectivity index (χ0n) is 12.3. The van der Waals surface area contributed by atoms with Crippen LogP contribution in [0.3, 0.4) is 0 Å². The van der Waals surface area contributed by atoms with Gasteiger partial charge in [0.25, 0.3) is 0 Å². The third-order valence-electron chi connectivity index (χ3n) is 2.78. The predicted octanol–water partition coefficient (Wildman–Crippen LogP) is 3.12. The first-order chi connectivity index (χ1) is 10.2. The van der Waals surface area contributed by atoms with E-state index in [4.69, 9.17) is 9.47 Å². The van der Waals surface area contributed by atoms with Gasteiger partial charge in [-0.05, 0) is 32.0 Å². The van der Waals surface area contributed by atoms with Crippen molar-refractivity contribution in [2.24, 2.45) is 0 Å². The highest BCUT2D eigenvalue weighted by Gasteiger charge is 2.13. The maximum atomic E-state index is 13.9. The molecule has 5 nitrogen and oxygen atoms in total. The number of benzene rings is 1. The molecule has 1 aromatic carbocycles. The van der Waals surface area contributed by atoms with Gasteiger partial charge in [0.2, 0.25) is 5.95 Å². The Balaban J connectivity index is 2.46. The average molecular weight is 291 g/mol. The summed E-state index contributed by atoms with van der Waals surface area (Å²) < 4.78 is 25.0. The van der Waals surface area contributed by atoms with Gasteiger partial charge in [0.15, 0.2) is 17.3 Å². The first kappa shape index (κ1) is 15.0. The fourth-order valence-corrected chi connectivity index (χ4v) is 1.89. The third kappa shape index (κ3) is 3.39. The van der Waals surface area contributed by atoms with Gasteiger partial charge in [-0.25, -0.2) is 14.4 Å².